The number of hydrogen-bond acceptors (Lipinski definition) is 4. The average Bonchev–Trinajstić information content (AvgIpc) is 2.60. The lowest BCUT2D eigenvalue weighted by molar-refractivity contribution is -0.151. The molecule has 0 aromatic heterocycles. The summed E-state index contributed by atoms with van der Waals surface area (Å²) >= 11 is 0. The Morgan fingerprint density at radius 1 is 1.57 bits per heavy atom. The summed E-state index contributed by atoms with van der Waals surface area (Å²) in [5, 5.41) is 0. The summed E-state index contributed by atoms with van der Waals surface area (Å²) in [6.07, 6.45) is 1.13. The molecule has 2 N–H and O–H groups in total. The van der Waals surface area contributed by atoms with Crippen LogP contribution in [0.1, 0.15) is 19.8 Å². The molecule has 1 aliphatic rings. The van der Waals surface area contributed by atoms with Gasteiger partial charge in [-0.15, -0.1) is 0 Å². The minimum Gasteiger partial charge on any atom is -0.456 e. The highest BCUT2D eigenvalue weighted by Crippen LogP contribution is 2.06. The summed E-state index contributed by atoms with van der Waals surface area (Å²) in [4.78, 5) is 23.8. The van der Waals surface area contributed by atoms with Gasteiger partial charge in [-0.2, -0.15) is 0 Å². The lowest BCUT2D eigenvalue weighted by Crippen LogP contribution is -2.34. The molecule has 1 amide bonds. The summed E-state index contributed by atoms with van der Waals surface area (Å²) in [6.45, 7) is 2.78. The molecule has 1 saturated heterocycles. The van der Waals surface area contributed by atoms with E-state index in [1.54, 1.807) is 11.8 Å². The van der Waals surface area contributed by atoms with Crippen LogP contribution in [0.5, 0.6) is 0 Å². The molecular weight excluding hydrogens is 184 g/mol. The van der Waals surface area contributed by atoms with Gasteiger partial charge in [-0.3, -0.25) is 9.59 Å². The molecule has 0 aliphatic carbocycles. The summed E-state index contributed by atoms with van der Waals surface area (Å²) in [7, 11) is 0. The molecule has 0 saturated carbocycles. The van der Waals surface area contributed by atoms with Gasteiger partial charge in [0.05, 0.1) is 0 Å². The second kappa shape index (κ2) is 4.95. The van der Waals surface area contributed by atoms with E-state index in [-0.39, 0.29) is 24.5 Å². The van der Waals surface area contributed by atoms with Crippen molar-refractivity contribution in [3.8, 4) is 0 Å². The van der Waals surface area contributed by atoms with Gasteiger partial charge in [-0.25, -0.2) is 0 Å². The Labute approximate surface area is 83.2 Å². The molecular formula is C9H16N2O3. The van der Waals surface area contributed by atoms with E-state index in [0.29, 0.717) is 19.5 Å². The SMILES string of the molecule is CCC(=O)OCC(=O)N1CCC(N)C1. The van der Waals surface area contributed by atoms with Gasteiger partial charge in [0.25, 0.3) is 5.91 Å². The zero-order chi connectivity index (χ0) is 10.6. The van der Waals surface area contributed by atoms with Crippen molar-refractivity contribution in [1.82, 2.24) is 4.90 Å². The maximum absolute atomic E-state index is 11.4. The third kappa shape index (κ3) is 2.99. The average molecular weight is 200 g/mol. The molecule has 5 nitrogen and oxygen atoms in total. The van der Waals surface area contributed by atoms with Gasteiger partial charge in [0.2, 0.25) is 0 Å². The minimum absolute atomic E-state index is 0.0702. The molecule has 0 aromatic rings. The molecule has 0 bridgehead atoms. The Morgan fingerprint density at radius 3 is 2.79 bits per heavy atom. The van der Waals surface area contributed by atoms with Crippen LogP contribution in [0.2, 0.25) is 0 Å². The van der Waals surface area contributed by atoms with Crippen molar-refractivity contribution in [1.29, 1.82) is 0 Å². The van der Waals surface area contributed by atoms with Crippen LogP contribution in [-0.2, 0) is 14.3 Å². The predicted molar refractivity (Wildman–Crippen MR) is 50.4 cm³/mol. The van der Waals surface area contributed by atoms with Crippen LogP contribution in [-0.4, -0.2) is 42.5 Å². The first-order valence-electron chi connectivity index (χ1n) is 4.82. The monoisotopic (exact) mass is 200 g/mol. The maximum Gasteiger partial charge on any atom is 0.306 e. The summed E-state index contributed by atoms with van der Waals surface area (Å²) in [6, 6.07) is 0.0702. The molecule has 1 fully saturated rings. The first kappa shape index (κ1) is 11.0. The number of rotatable bonds is 3. The van der Waals surface area contributed by atoms with E-state index in [0.717, 1.165) is 6.42 Å². The smallest absolute Gasteiger partial charge is 0.306 e. The fourth-order valence-electron chi connectivity index (χ4n) is 1.35. The van der Waals surface area contributed by atoms with E-state index < -0.39 is 0 Å². The maximum atomic E-state index is 11.4. The Kier molecular flexibility index (Phi) is 3.88. The zero-order valence-corrected chi connectivity index (χ0v) is 8.36. The Bertz CT molecular complexity index is 230. The molecule has 80 valence electrons. The topological polar surface area (TPSA) is 72.6 Å². The second-order valence-corrected chi connectivity index (χ2v) is 3.40. The Balaban J connectivity index is 2.25. The molecule has 0 spiro atoms. The molecule has 1 aliphatic heterocycles. The van der Waals surface area contributed by atoms with Crippen LogP contribution in [0.25, 0.3) is 0 Å². The fourth-order valence-corrected chi connectivity index (χ4v) is 1.35. The molecule has 0 radical (unpaired) electrons. The number of esters is 1. The Hall–Kier alpha value is -1.10. The van der Waals surface area contributed by atoms with Crippen LogP contribution in [0.4, 0.5) is 0 Å². The van der Waals surface area contributed by atoms with E-state index >= 15 is 0 Å². The standard InChI is InChI=1S/C9H16N2O3/c1-2-9(13)14-6-8(12)11-4-3-7(10)5-11/h7H,2-6,10H2,1H3. The lowest BCUT2D eigenvalue weighted by atomic mass is 10.3. The van der Waals surface area contributed by atoms with Crippen molar-refractivity contribution in [2.45, 2.75) is 25.8 Å². The number of ether oxygens (including phenoxy) is 1. The third-order valence-electron chi connectivity index (χ3n) is 2.22. The molecule has 1 rings (SSSR count). The minimum atomic E-state index is -0.346. The van der Waals surface area contributed by atoms with Gasteiger partial charge in [-0.05, 0) is 6.42 Å². The van der Waals surface area contributed by atoms with E-state index in [2.05, 4.69) is 0 Å². The highest BCUT2D eigenvalue weighted by Gasteiger charge is 2.23. The lowest BCUT2D eigenvalue weighted by Gasteiger charge is -2.15. The first-order valence-corrected chi connectivity index (χ1v) is 4.82. The molecule has 1 heterocycles. The molecule has 1 unspecified atom stereocenters. The number of amides is 1. The highest BCUT2D eigenvalue weighted by molar-refractivity contribution is 5.80. The van der Waals surface area contributed by atoms with Crippen LogP contribution < -0.4 is 5.73 Å². The highest BCUT2D eigenvalue weighted by atomic mass is 16.5. The fraction of sp³-hybridized carbons (Fsp3) is 0.778. The van der Waals surface area contributed by atoms with Crippen LogP contribution >= 0.6 is 0 Å². The van der Waals surface area contributed by atoms with Crippen molar-refractivity contribution in [2.75, 3.05) is 19.7 Å². The third-order valence-corrected chi connectivity index (χ3v) is 2.22. The summed E-state index contributed by atoms with van der Waals surface area (Å²) < 4.78 is 4.73. The zero-order valence-electron chi connectivity index (χ0n) is 8.36. The summed E-state index contributed by atoms with van der Waals surface area (Å²) in [5.74, 6) is -0.499. The van der Waals surface area contributed by atoms with Crippen molar-refractivity contribution in [3.63, 3.8) is 0 Å². The van der Waals surface area contributed by atoms with Crippen LogP contribution in [0.15, 0.2) is 0 Å². The molecule has 14 heavy (non-hydrogen) atoms. The van der Waals surface area contributed by atoms with Crippen molar-refractivity contribution >= 4 is 11.9 Å². The first-order chi connectivity index (χ1) is 6.63. The number of nitrogens with zero attached hydrogens (tertiary/aromatic N) is 1. The summed E-state index contributed by atoms with van der Waals surface area (Å²) in [5.41, 5.74) is 5.64. The van der Waals surface area contributed by atoms with E-state index in [1.807, 2.05) is 0 Å². The number of likely N-dealkylation sites (tertiary alicyclic amines) is 1. The molecule has 1 atom stereocenters. The van der Waals surface area contributed by atoms with E-state index in [9.17, 15) is 9.59 Å². The Morgan fingerprint density at radius 2 is 2.29 bits per heavy atom. The predicted octanol–water partition coefficient (Wildman–Crippen LogP) is -0.501. The van der Waals surface area contributed by atoms with Crippen molar-refractivity contribution < 1.29 is 14.3 Å². The van der Waals surface area contributed by atoms with Gasteiger partial charge in [-0.1, -0.05) is 6.92 Å². The van der Waals surface area contributed by atoms with Gasteiger partial charge in [0, 0.05) is 25.6 Å². The van der Waals surface area contributed by atoms with Gasteiger partial charge in [0.1, 0.15) is 0 Å². The molecule has 5 heteroatoms. The number of hydrogen-bond donors (Lipinski definition) is 1. The number of nitrogens with two attached hydrogens (primary N) is 1. The quantitative estimate of drug-likeness (QED) is 0.623. The van der Waals surface area contributed by atoms with Crippen LogP contribution in [0, 0.1) is 0 Å². The largest absolute Gasteiger partial charge is 0.456 e. The second-order valence-electron chi connectivity index (χ2n) is 3.40. The normalized spacial score (nSPS) is 21.0. The van der Waals surface area contributed by atoms with Crippen LogP contribution in [0.3, 0.4) is 0 Å². The van der Waals surface area contributed by atoms with E-state index in [4.69, 9.17) is 10.5 Å². The van der Waals surface area contributed by atoms with Crippen molar-refractivity contribution in [3.05, 3.63) is 0 Å². The number of carbonyl (C=O) groups is 2. The van der Waals surface area contributed by atoms with Gasteiger partial charge < -0.3 is 15.4 Å². The van der Waals surface area contributed by atoms with Gasteiger partial charge >= 0.3 is 5.97 Å². The molecule has 0 aromatic carbocycles. The van der Waals surface area contributed by atoms with Gasteiger partial charge in [0.15, 0.2) is 6.61 Å². The van der Waals surface area contributed by atoms with Crippen molar-refractivity contribution in [2.24, 2.45) is 5.73 Å². The van der Waals surface area contributed by atoms with E-state index in [1.165, 1.54) is 0 Å². The number of carbonyl (C=O) groups excluding carboxylic acids is 2.